The first-order valence-corrected chi connectivity index (χ1v) is 6.33. The number of hydrogen-bond donors (Lipinski definition) is 1. The molecule has 0 radical (unpaired) electrons. The van der Waals surface area contributed by atoms with Crippen molar-refractivity contribution in [2.24, 2.45) is 0 Å². The Kier molecular flexibility index (Phi) is 2.95. The second-order valence-corrected chi connectivity index (χ2v) is 4.70. The molecular weight excluding hydrogens is 252 g/mol. The van der Waals surface area contributed by atoms with Gasteiger partial charge >= 0.3 is 5.97 Å². The second kappa shape index (κ2) is 4.78. The molecule has 0 atom stereocenters. The number of carbonyl (C=O) groups is 2. The van der Waals surface area contributed by atoms with Gasteiger partial charge in [0.25, 0.3) is 0 Å². The maximum atomic E-state index is 12.5. The van der Waals surface area contributed by atoms with Gasteiger partial charge in [-0.2, -0.15) is 0 Å². The van der Waals surface area contributed by atoms with Crippen LogP contribution >= 0.6 is 0 Å². The molecule has 0 aliphatic heterocycles. The van der Waals surface area contributed by atoms with Crippen molar-refractivity contribution in [2.75, 3.05) is 0 Å². The summed E-state index contributed by atoms with van der Waals surface area (Å²) >= 11 is 0. The summed E-state index contributed by atoms with van der Waals surface area (Å²) in [7, 11) is 0. The molecule has 1 aliphatic carbocycles. The number of hydrogen-bond acceptors (Lipinski definition) is 2. The zero-order valence-corrected chi connectivity index (χ0v) is 10.7. The lowest BCUT2D eigenvalue weighted by atomic mass is 9.96. The first-order valence-electron chi connectivity index (χ1n) is 6.33. The third-order valence-corrected chi connectivity index (χ3v) is 3.45. The highest BCUT2D eigenvalue weighted by Crippen LogP contribution is 2.23. The minimum Gasteiger partial charge on any atom is -0.478 e. The van der Waals surface area contributed by atoms with Gasteiger partial charge in [0.05, 0.1) is 5.56 Å². The SMILES string of the molecule is O=C(O)c1ccccc1C(=O)c1ccc2c(c1)C=CC2. The Bertz CT molecular complexity index is 742. The van der Waals surface area contributed by atoms with E-state index in [-0.39, 0.29) is 16.9 Å². The van der Waals surface area contributed by atoms with Crippen molar-refractivity contribution in [3.8, 4) is 0 Å². The van der Waals surface area contributed by atoms with Crippen molar-refractivity contribution in [1.82, 2.24) is 0 Å². The van der Waals surface area contributed by atoms with Gasteiger partial charge in [-0.1, -0.05) is 42.5 Å². The lowest BCUT2D eigenvalue weighted by Crippen LogP contribution is -2.09. The van der Waals surface area contributed by atoms with Crippen molar-refractivity contribution < 1.29 is 14.7 Å². The summed E-state index contributed by atoms with van der Waals surface area (Å²) in [6.45, 7) is 0. The van der Waals surface area contributed by atoms with E-state index in [1.807, 2.05) is 24.3 Å². The fraction of sp³-hybridized carbons (Fsp3) is 0.0588. The maximum absolute atomic E-state index is 12.5. The first kappa shape index (κ1) is 12.4. The van der Waals surface area contributed by atoms with Gasteiger partial charge in [0.15, 0.2) is 5.78 Å². The van der Waals surface area contributed by atoms with E-state index in [0.29, 0.717) is 5.56 Å². The fourth-order valence-electron chi connectivity index (χ4n) is 2.41. The number of carbonyl (C=O) groups excluding carboxylic acids is 1. The van der Waals surface area contributed by atoms with Gasteiger partial charge in [0.2, 0.25) is 0 Å². The van der Waals surface area contributed by atoms with Gasteiger partial charge in [-0.3, -0.25) is 4.79 Å². The van der Waals surface area contributed by atoms with Gasteiger partial charge in [-0.15, -0.1) is 0 Å². The highest BCUT2D eigenvalue weighted by atomic mass is 16.4. The van der Waals surface area contributed by atoms with E-state index < -0.39 is 5.97 Å². The first-order chi connectivity index (χ1) is 9.66. The summed E-state index contributed by atoms with van der Waals surface area (Å²) in [5.74, 6) is -1.35. The summed E-state index contributed by atoms with van der Waals surface area (Å²) in [6, 6.07) is 11.8. The van der Waals surface area contributed by atoms with E-state index in [2.05, 4.69) is 0 Å². The van der Waals surface area contributed by atoms with Gasteiger partial charge in [-0.05, 0) is 29.7 Å². The molecule has 0 unspecified atom stereocenters. The predicted octanol–water partition coefficient (Wildman–Crippen LogP) is 3.19. The van der Waals surface area contributed by atoms with Crippen LogP contribution in [0.3, 0.4) is 0 Å². The van der Waals surface area contributed by atoms with E-state index in [4.69, 9.17) is 5.11 Å². The summed E-state index contributed by atoms with van der Waals surface area (Å²) in [4.78, 5) is 23.7. The van der Waals surface area contributed by atoms with Crippen LogP contribution in [0.5, 0.6) is 0 Å². The normalized spacial score (nSPS) is 12.2. The molecule has 3 nitrogen and oxygen atoms in total. The average Bonchev–Trinajstić information content (AvgIpc) is 2.93. The van der Waals surface area contributed by atoms with Crippen molar-refractivity contribution in [3.63, 3.8) is 0 Å². The highest BCUT2D eigenvalue weighted by molar-refractivity contribution is 6.14. The molecule has 0 fully saturated rings. The lowest BCUT2D eigenvalue weighted by Gasteiger charge is -2.07. The lowest BCUT2D eigenvalue weighted by molar-refractivity contribution is 0.0693. The molecule has 1 aliphatic rings. The van der Waals surface area contributed by atoms with E-state index in [0.717, 1.165) is 12.0 Å². The minimum atomic E-state index is -1.09. The molecule has 1 N–H and O–H groups in total. The molecule has 98 valence electrons. The van der Waals surface area contributed by atoms with Crippen LogP contribution in [0.2, 0.25) is 0 Å². The van der Waals surface area contributed by atoms with Crippen molar-refractivity contribution in [2.45, 2.75) is 6.42 Å². The zero-order valence-electron chi connectivity index (χ0n) is 10.7. The van der Waals surface area contributed by atoms with E-state index in [1.165, 1.54) is 11.6 Å². The largest absolute Gasteiger partial charge is 0.478 e. The number of rotatable bonds is 3. The summed E-state index contributed by atoms with van der Waals surface area (Å²) in [5.41, 5.74) is 3.00. The molecule has 0 saturated heterocycles. The van der Waals surface area contributed by atoms with Gasteiger partial charge in [0.1, 0.15) is 0 Å². The third kappa shape index (κ3) is 2.03. The summed E-state index contributed by atoms with van der Waals surface area (Å²) in [5, 5.41) is 9.15. The molecule has 0 bridgehead atoms. The Labute approximate surface area is 116 Å². The molecule has 2 aromatic carbocycles. The number of fused-ring (bicyclic) bond motifs is 1. The molecule has 0 spiro atoms. The standard InChI is InChI=1S/C17H12O3/c18-16(14-6-1-2-7-15(14)17(19)20)13-9-8-11-4-3-5-12(11)10-13/h1-3,5-10H,4H2,(H,19,20). The molecule has 3 heteroatoms. The van der Waals surface area contributed by atoms with Crippen LogP contribution in [0.1, 0.15) is 37.4 Å². The van der Waals surface area contributed by atoms with Crippen molar-refractivity contribution in [3.05, 3.63) is 76.4 Å². The average molecular weight is 264 g/mol. The number of benzene rings is 2. The highest BCUT2D eigenvalue weighted by Gasteiger charge is 2.18. The molecule has 20 heavy (non-hydrogen) atoms. The Balaban J connectivity index is 2.05. The number of ketones is 1. The Morgan fingerprint density at radius 2 is 1.75 bits per heavy atom. The number of aromatic carboxylic acids is 1. The molecule has 0 saturated carbocycles. The van der Waals surface area contributed by atoms with Crippen LogP contribution < -0.4 is 0 Å². The van der Waals surface area contributed by atoms with E-state index >= 15 is 0 Å². The zero-order chi connectivity index (χ0) is 14.1. The van der Waals surface area contributed by atoms with E-state index in [9.17, 15) is 9.59 Å². The van der Waals surface area contributed by atoms with Crippen LogP contribution in [-0.4, -0.2) is 16.9 Å². The second-order valence-electron chi connectivity index (χ2n) is 4.70. The molecule has 0 aromatic heterocycles. The smallest absolute Gasteiger partial charge is 0.336 e. The number of allylic oxidation sites excluding steroid dienone is 1. The Morgan fingerprint density at radius 3 is 2.50 bits per heavy atom. The Hall–Kier alpha value is -2.68. The minimum absolute atomic E-state index is 0.0357. The Morgan fingerprint density at radius 1 is 1.00 bits per heavy atom. The molecule has 3 rings (SSSR count). The van der Waals surface area contributed by atoms with E-state index in [1.54, 1.807) is 24.3 Å². The van der Waals surface area contributed by atoms with Crippen LogP contribution in [0.15, 0.2) is 48.5 Å². The fourth-order valence-corrected chi connectivity index (χ4v) is 2.41. The topological polar surface area (TPSA) is 54.4 Å². The van der Waals surface area contributed by atoms with Crippen LogP contribution in [0.4, 0.5) is 0 Å². The molecule has 0 amide bonds. The van der Waals surface area contributed by atoms with Crippen LogP contribution in [0, 0.1) is 0 Å². The molecule has 0 heterocycles. The van der Waals surface area contributed by atoms with Crippen LogP contribution in [-0.2, 0) is 6.42 Å². The summed E-state index contributed by atoms with van der Waals surface area (Å²) in [6.07, 6.45) is 4.91. The summed E-state index contributed by atoms with van der Waals surface area (Å²) < 4.78 is 0. The predicted molar refractivity (Wildman–Crippen MR) is 76.0 cm³/mol. The van der Waals surface area contributed by atoms with Gasteiger partial charge in [-0.25, -0.2) is 4.79 Å². The van der Waals surface area contributed by atoms with Crippen molar-refractivity contribution >= 4 is 17.8 Å². The van der Waals surface area contributed by atoms with Gasteiger partial charge in [0, 0.05) is 11.1 Å². The quantitative estimate of drug-likeness (QED) is 0.866. The number of carboxylic acid groups (broad SMARTS) is 1. The molecule has 2 aromatic rings. The van der Waals surface area contributed by atoms with Crippen LogP contribution in [0.25, 0.3) is 6.08 Å². The van der Waals surface area contributed by atoms with Gasteiger partial charge < -0.3 is 5.11 Å². The molecular formula is C17H12O3. The monoisotopic (exact) mass is 264 g/mol. The maximum Gasteiger partial charge on any atom is 0.336 e. The van der Waals surface area contributed by atoms with Crippen molar-refractivity contribution in [1.29, 1.82) is 0 Å². The third-order valence-electron chi connectivity index (χ3n) is 3.45. The number of carboxylic acids is 1.